The van der Waals surface area contributed by atoms with E-state index in [-0.39, 0.29) is 11.7 Å². The summed E-state index contributed by atoms with van der Waals surface area (Å²) in [5.41, 5.74) is 2.92. The van der Waals surface area contributed by atoms with Crippen LogP contribution >= 0.6 is 46.3 Å². The van der Waals surface area contributed by atoms with Crippen molar-refractivity contribution in [3.05, 3.63) is 44.1 Å². The number of hydrogen-bond donors (Lipinski definition) is 1. The first kappa shape index (κ1) is 20.2. The smallest absolute Gasteiger partial charge is 0.234 e. The third kappa shape index (κ3) is 4.48. The predicted octanol–water partition coefficient (Wildman–Crippen LogP) is 5.68. The molecule has 0 saturated heterocycles. The van der Waals surface area contributed by atoms with Gasteiger partial charge in [-0.2, -0.15) is 0 Å². The van der Waals surface area contributed by atoms with Crippen molar-refractivity contribution in [2.45, 2.75) is 32.5 Å². The van der Waals surface area contributed by atoms with Crippen LogP contribution in [0.25, 0.3) is 11.4 Å². The van der Waals surface area contributed by atoms with Crippen LogP contribution in [0.3, 0.4) is 0 Å². The van der Waals surface area contributed by atoms with Crippen molar-refractivity contribution < 1.29 is 4.79 Å². The normalized spacial score (nSPS) is 11.0. The van der Waals surface area contributed by atoms with E-state index in [2.05, 4.69) is 34.7 Å². The lowest BCUT2D eigenvalue weighted by Crippen LogP contribution is -2.14. The Kier molecular flexibility index (Phi) is 6.47. The molecule has 3 rings (SSSR count). The molecule has 0 spiro atoms. The summed E-state index contributed by atoms with van der Waals surface area (Å²) in [5, 5.41) is 15.1. The van der Waals surface area contributed by atoms with E-state index in [0.717, 1.165) is 23.1 Å². The maximum absolute atomic E-state index is 12.3. The number of thioether (sulfide) groups is 1. The number of aromatic nitrogens is 3. The van der Waals surface area contributed by atoms with Crippen LogP contribution in [0.4, 0.5) is 5.69 Å². The molecule has 0 radical (unpaired) electrons. The van der Waals surface area contributed by atoms with Gasteiger partial charge in [-0.1, -0.05) is 35.0 Å². The molecule has 2 aromatic heterocycles. The molecule has 0 bridgehead atoms. The van der Waals surface area contributed by atoms with E-state index >= 15 is 0 Å². The van der Waals surface area contributed by atoms with Crippen LogP contribution in [0, 0.1) is 13.8 Å². The minimum Gasteiger partial charge on any atom is -0.325 e. The van der Waals surface area contributed by atoms with Gasteiger partial charge >= 0.3 is 0 Å². The van der Waals surface area contributed by atoms with Crippen molar-refractivity contribution in [3.63, 3.8) is 0 Å². The third-order valence-corrected chi connectivity index (χ3v) is 6.81. The number of carbonyl (C=O) groups is 1. The molecule has 5 nitrogen and oxygen atoms in total. The van der Waals surface area contributed by atoms with Gasteiger partial charge in [-0.3, -0.25) is 4.79 Å². The van der Waals surface area contributed by atoms with Crippen molar-refractivity contribution in [2.75, 3.05) is 11.1 Å². The number of amides is 1. The summed E-state index contributed by atoms with van der Waals surface area (Å²) in [6, 6.07) is 4.99. The average molecular weight is 441 g/mol. The van der Waals surface area contributed by atoms with Crippen molar-refractivity contribution in [1.82, 2.24) is 14.8 Å². The number of benzene rings is 1. The molecule has 1 N–H and O–H groups in total. The minimum absolute atomic E-state index is 0.145. The fourth-order valence-electron chi connectivity index (χ4n) is 2.51. The Balaban J connectivity index is 1.70. The molecular weight excluding hydrogens is 423 g/mol. The van der Waals surface area contributed by atoms with Gasteiger partial charge < -0.3 is 9.88 Å². The largest absolute Gasteiger partial charge is 0.325 e. The summed E-state index contributed by atoms with van der Waals surface area (Å²) in [5.74, 6) is 0.917. The molecule has 0 aliphatic heterocycles. The number of carbonyl (C=O) groups excluding carboxylic acids is 1. The van der Waals surface area contributed by atoms with Crippen LogP contribution < -0.4 is 5.32 Å². The van der Waals surface area contributed by atoms with Gasteiger partial charge in [-0.25, -0.2) is 0 Å². The number of halogens is 2. The van der Waals surface area contributed by atoms with Gasteiger partial charge in [0.05, 0.1) is 15.8 Å². The molecule has 0 aliphatic rings. The van der Waals surface area contributed by atoms with Crippen molar-refractivity contribution in [3.8, 4) is 11.4 Å². The van der Waals surface area contributed by atoms with Crippen LogP contribution in [-0.4, -0.2) is 26.4 Å². The second-order valence-electron chi connectivity index (χ2n) is 5.85. The Morgan fingerprint density at radius 1 is 1.26 bits per heavy atom. The number of thiophene rings is 1. The summed E-state index contributed by atoms with van der Waals surface area (Å²) in [4.78, 5) is 13.5. The van der Waals surface area contributed by atoms with E-state index in [4.69, 9.17) is 23.2 Å². The third-order valence-electron chi connectivity index (χ3n) is 4.10. The highest BCUT2D eigenvalue weighted by atomic mass is 35.5. The lowest BCUT2D eigenvalue weighted by atomic mass is 10.1. The Morgan fingerprint density at radius 3 is 2.67 bits per heavy atom. The molecule has 0 aliphatic carbocycles. The van der Waals surface area contributed by atoms with E-state index in [1.165, 1.54) is 22.2 Å². The quantitative estimate of drug-likeness (QED) is 0.500. The standard InChI is InChI=1S/C18H18Cl2N4OS2/c1-4-24-17(13-8-26-11(3)10(13)2)22-23-18(24)27-9-16(25)21-12-5-6-14(19)15(20)7-12/h5-8H,4,9H2,1-3H3,(H,21,25). The van der Waals surface area contributed by atoms with Crippen molar-refractivity contribution in [2.24, 2.45) is 0 Å². The summed E-state index contributed by atoms with van der Waals surface area (Å²) in [7, 11) is 0. The van der Waals surface area contributed by atoms with Gasteiger partial charge in [0.25, 0.3) is 0 Å². The number of nitrogens with zero attached hydrogens (tertiary/aromatic N) is 3. The Bertz CT molecular complexity index is 984. The lowest BCUT2D eigenvalue weighted by Gasteiger charge is -2.08. The fraction of sp³-hybridized carbons (Fsp3) is 0.278. The first-order valence-corrected chi connectivity index (χ1v) is 10.9. The SMILES string of the molecule is CCn1c(SCC(=O)Nc2ccc(Cl)c(Cl)c2)nnc1-c1csc(C)c1C. The van der Waals surface area contributed by atoms with E-state index in [1.54, 1.807) is 29.5 Å². The Labute approximate surface area is 176 Å². The zero-order valence-electron chi connectivity index (χ0n) is 15.0. The van der Waals surface area contributed by atoms with Gasteiger partial charge in [-0.15, -0.1) is 21.5 Å². The van der Waals surface area contributed by atoms with Crippen LogP contribution in [0.15, 0.2) is 28.7 Å². The second kappa shape index (κ2) is 8.65. The first-order chi connectivity index (χ1) is 12.9. The number of hydrogen-bond acceptors (Lipinski definition) is 5. The van der Waals surface area contributed by atoms with Gasteiger partial charge in [-0.05, 0) is 44.5 Å². The minimum atomic E-state index is -0.145. The second-order valence-corrected chi connectivity index (χ2v) is 8.69. The Hall–Kier alpha value is -1.54. The highest BCUT2D eigenvalue weighted by molar-refractivity contribution is 7.99. The summed E-state index contributed by atoms with van der Waals surface area (Å²) in [6.07, 6.45) is 0. The van der Waals surface area contributed by atoms with E-state index in [0.29, 0.717) is 15.7 Å². The zero-order chi connectivity index (χ0) is 19.6. The Morgan fingerprint density at radius 2 is 2.04 bits per heavy atom. The van der Waals surface area contributed by atoms with Crippen LogP contribution in [0.1, 0.15) is 17.4 Å². The molecule has 142 valence electrons. The van der Waals surface area contributed by atoms with Crippen molar-refractivity contribution >= 4 is 57.9 Å². The van der Waals surface area contributed by atoms with E-state index < -0.39 is 0 Å². The predicted molar refractivity (Wildman–Crippen MR) is 114 cm³/mol. The highest BCUT2D eigenvalue weighted by Gasteiger charge is 2.17. The highest BCUT2D eigenvalue weighted by Crippen LogP contribution is 2.31. The fourth-order valence-corrected chi connectivity index (χ4v) is 4.48. The van der Waals surface area contributed by atoms with Crippen LogP contribution in [-0.2, 0) is 11.3 Å². The summed E-state index contributed by atoms with van der Waals surface area (Å²) >= 11 is 14.9. The molecule has 1 aromatic carbocycles. The molecular formula is C18H18Cl2N4OS2. The number of rotatable bonds is 6. The van der Waals surface area contributed by atoms with Crippen LogP contribution in [0.2, 0.25) is 10.0 Å². The van der Waals surface area contributed by atoms with E-state index in [9.17, 15) is 4.79 Å². The lowest BCUT2D eigenvalue weighted by molar-refractivity contribution is -0.113. The molecule has 3 aromatic rings. The maximum atomic E-state index is 12.3. The summed E-state index contributed by atoms with van der Waals surface area (Å²) < 4.78 is 2.03. The van der Waals surface area contributed by atoms with Gasteiger partial charge in [0, 0.05) is 28.1 Å². The molecule has 0 atom stereocenters. The maximum Gasteiger partial charge on any atom is 0.234 e. The van der Waals surface area contributed by atoms with Crippen LogP contribution in [0.5, 0.6) is 0 Å². The molecule has 9 heteroatoms. The van der Waals surface area contributed by atoms with Gasteiger partial charge in [0.1, 0.15) is 0 Å². The monoisotopic (exact) mass is 440 g/mol. The van der Waals surface area contributed by atoms with Gasteiger partial charge in [0.2, 0.25) is 5.91 Å². The average Bonchev–Trinajstić information content (AvgIpc) is 3.19. The number of aryl methyl sites for hydroxylation is 1. The molecule has 0 saturated carbocycles. The number of nitrogens with one attached hydrogen (secondary N) is 1. The van der Waals surface area contributed by atoms with E-state index in [1.807, 2.05) is 11.5 Å². The zero-order valence-corrected chi connectivity index (χ0v) is 18.2. The topological polar surface area (TPSA) is 59.8 Å². The summed E-state index contributed by atoms with van der Waals surface area (Å²) in [6.45, 7) is 6.96. The van der Waals surface area contributed by atoms with Crippen molar-refractivity contribution in [1.29, 1.82) is 0 Å². The number of anilines is 1. The molecule has 0 fully saturated rings. The molecule has 1 amide bonds. The molecule has 0 unspecified atom stereocenters. The first-order valence-electron chi connectivity index (χ1n) is 8.26. The van der Waals surface area contributed by atoms with Gasteiger partial charge in [0.15, 0.2) is 11.0 Å². The molecule has 27 heavy (non-hydrogen) atoms. The molecule has 2 heterocycles.